The van der Waals surface area contributed by atoms with Gasteiger partial charge in [0.15, 0.2) is 0 Å². The summed E-state index contributed by atoms with van der Waals surface area (Å²) in [4.78, 5) is 27.9. The van der Waals surface area contributed by atoms with Gasteiger partial charge in [-0.05, 0) is 11.6 Å². The van der Waals surface area contributed by atoms with Gasteiger partial charge in [0, 0.05) is 38.4 Å². The molecule has 0 saturated carbocycles. The Balaban J connectivity index is 1.49. The van der Waals surface area contributed by atoms with Gasteiger partial charge < -0.3 is 15.0 Å². The van der Waals surface area contributed by atoms with Crippen molar-refractivity contribution in [2.75, 3.05) is 26.2 Å². The van der Waals surface area contributed by atoms with E-state index in [0.717, 1.165) is 19.6 Å². The quantitative estimate of drug-likeness (QED) is 0.859. The zero-order valence-corrected chi connectivity index (χ0v) is 13.4. The Morgan fingerprint density at radius 1 is 1.25 bits per heavy atom. The molecule has 1 saturated heterocycles. The molecule has 0 aliphatic carbocycles. The van der Waals surface area contributed by atoms with E-state index in [9.17, 15) is 9.59 Å². The van der Waals surface area contributed by atoms with Crippen LogP contribution in [0.5, 0.6) is 0 Å². The summed E-state index contributed by atoms with van der Waals surface area (Å²) in [6, 6.07) is 13.2. The highest BCUT2D eigenvalue weighted by Crippen LogP contribution is 2.10. The first kappa shape index (κ1) is 16.4. The molecule has 3 rings (SSSR count). The highest BCUT2D eigenvalue weighted by atomic mass is 16.5. The first-order valence-corrected chi connectivity index (χ1v) is 8.05. The molecule has 2 aromatic rings. The lowest BCUT2D eigenvalue weighted by atomic mass is 10.2. The number of aromatic nitrogens is 1. The molecule has 2 N–H and O–H groups in total. The lowest BCUT2D eigenvalue weighted by Crippen LogP contribution is -2.47. The molecule has 1 fully saturated rings. The van der Waals surface area contributed by atoms with Crippen LogP contribution in [0.25, 0.3) is 0 Å². The first-order chi connectivity index (χ1) is 11.7. The van der Waals surface area contributed by atoms with E-state index in [1.54, 1.807) is 0 Å². The standard InChI is InChI=1S/C18H21N3O3/c22-17-7-6-15(10-19-17)18(23)20-11-16-13-21(8-9-24-16)12-14-4-2-1-3-5-14/h1-7,10,16H,8-9,11-13H2,(H,19,22)(H,20,23)/t16-/m1/s1. The van der Waals surface area contributed by atoms with Gasteiger partial charge in [-0.15, -0.1) is 0 Å². The number of benzene rings is 1. The summed E-state index contributed by atoms with van der Waals surface area (Å²) in [7, 11) is 0. The number of ether oxygens (including phenoxy) is 1. The normalized spacial score (nSPS) is 18.2. The largest absolute Gasteiger partial charge is 0.374 e. The van der Waals surface area contributed by atoms with Gasteiger partial charge in [-0.3, -0.25) is 14.5 Å². The third kappa shape index (κ3) is 4.53. The summed E-state index contributed by atoms with van der Waals surface area (Å²) in [6.45, 7) is 3.66. The Bertz CT molecular complexity index is 709. The minimum absolute atomic E-state index is 0.0332. The molecule has 0 unspecified atom stereocenters. The van der Waals surface area contributed by atoms with Crippen LogP contribution in [-0.4, -0.2) is 48.1 Å². The Hall–Kier alpha value is -2.44. The second kappa shape index (κ2) is 7.90. The number of carbonyl (C=O) groups excluding carboxylic acids is 1. The average molecular weight is 327 g/mol. The molecule has 24 heavy (non-hydrogen) atoms. The van der Waals surface area contributed by atoms with Gasteiger partial charge in [-0.25, -0.2) is 0 Å². The minimum atomic E-state index is -0.223. The third-order valence-electron chi connectivity index (χ3n) is 4.01. The van der Waals surface area contributed by atoms with Crippen LogP contribution in [-0.2, 0) is 11.3 Å². The van der Waals surface area contributed by atoms with Crippen molar-refractivity contribution in [1.82, 2.24) is 15.2 Å². The molecule has 1 aromatic carbocycles. The molecule has 0 radical (unpaired) electrons. The van der Waals surface area contributed by atoms with E-state index >= 15 is 0 Å². The van der Waals surface area contributed by atoms with E-state index in [-0.39, 0.29) is 17.6 Å². The fraction of sp³-hybridized carbons (Fsp3) is 0.333. The van der Waals surface area contributed by atoms with Crippen LogP contribution in [0.2, 0.25) is 0 Å². The van der Waals surface area contributed by atoms with Crippen LogP contribution in [0.3, 0.4) is 0 Å². The van der Waals surface area contributed by atoms with Crippen LogP contribution in [0, 0.1) is 0 Å². The van der Waals surface area contributed by atoms with E-state index in [1.165, 1.54) is 23.9 Å². The Labute approximate surface area is 140 Å². The van der Waals surface area contributed by atoms with Crippen LogP contribution >= 0.6 is 0 Å². The van der Waals surface area contributed by atoms with Gasteiger partial charge in [0.1, 0.15) is 0 Å². The number of hydrogen-bond donors (Lipinski definition) is 2. The summed E-state index contributed by atoms with van der Waals surface area (Å²) < 4.78 is 5.74. The molecule has 1 aliphatic rings. The summed E-state index contributed by atoms with van der Waals surface area (Å²) in [5.41, 5.74) is 1.49. The molecule has 0 spiro atoms. The van der Waals surface area contributed by atoms with Crippen molar-refractivity contribution in [2.24, 2.45) is 0 Å². The van der Waals surface area contributed by atoms with Crippen molar-refractivity contribution in [3.05, 3.63) is 70.1 Å². The van der Waals surface area contributed by atoms with Gasteiger partial charge in [-0.1, -0.05) is 30.3 Å². The molecule has 0 bridgehead atoms. The molecular formula is C18H21N3O3. The predicted octanol–water partition coefficient (Wildman–Crippen LogP) is 1.01. The fourth-order valence-corrected chi connectivity index (χ4v) is 2.75. The van der Waals surface area contributed by atoms with Crippen molar-refractivity contribution in [2.45, 2.75) is 12.6 Å². The number of amides is 1. The second-order valence-electron chi connectivity index (χ2n) is 5.87. The highest BCUT2D eigenvalue weighted by Gasteiger charge is 2.21. The van der Waals surface area contributed by atoms with Gasteiger partial charge in [0.05, 0.1) is 18.3 Å². The van der Waals surface area contributed by atoms with Crippen LogP contribution in [0.4, 0.5) is 0 Å². The number of hydrogen-bond acceptors (Lipinski definition) is 4. The number of nitrogens with one attached hydrogen (secondary N) is 2. The maximum Gasteiger partial charge on any atom is 0.252 e. The number of rotatable bonds is 5. The summed E-state index contributed by atoms with van der Waals surface area (Å²) in [6.07, 6.45) is 1.38. The third-order valence-corrected chi connectivity index (χ3v) is 4.01. The lowest BCUT2D eigenvalue weighted by Gasteiger charge is -2.33. The molecular weight excluding hydrogens is 306 g/mol. The van der Waals surface area contributed by atoms with E-state index in [4.69, 9.17) is 4.74 Å². The van der Waals surface area contributed by atoms with E-state index < -0.39 is 0 Å². The number of aromatic amines is 1. The molecule has 126 valence electrons. The summed E-state index contributed by atoms with van der Waals surface area (Å²) in [5, 5.41) is 2.86. The van der Waals surface area contributed by atoms with Crippen LogP contribution in [0.15, 0.2) is 53.5 Å². The topological polar surface area (TPSA) is 74.4 Å². The van der Waals surface area contributed by atoms with Gasteiger partial charge in [0.25, 0.3) is 5.91 Å². The monoisotopic (exact) mass is 327 g/mol. The maximum atomic E-state index is 12.1. The Kier molecular flexibility index (Phi) is 5.40. The van der Waals surface area contributed by atoms with Crippen molar-refractivity contribution in [3.63, 3.8) is 0 Å². The first-order valence-electron chi connectivity index (χ1n) is 8.05. The van der Waals surface area contributed by atoms with Crippen molar-refractivity contribution >= 4 is 5.91 Å². The van der Waals surface area contributed by atoms with Crippen LogP contribution < -0.4 is 10.9 Å². The van der Waals surface area contributed by atoms with Gasteiger partial charge >= 0.3 is 0 Å². The SMILES string of the molecule is O=C(NC[C@@H]1CN(Cc2ccccc2)CCO1)c1ccc(=O)[nH]c1. The molecule has 6 heteroatoms. The van der Waals surface area contributed by atoms with E-state index in [0.29, 0.717) is 18.7 Å². The summed E-state index contributed by atoms with van der Waals surface area (Å²) in [5.74, 6) is -0.213. The molecule has 1 amide bonds. The number of H-pyrrole nitrogens is 1. The molecule has 2 heterocycles. The van der Waals surface area contributed by atoms with Crippen molar-refractivity contribution in [1.29, 1.82) is 0 Å². The maximum absolute atomic E-state index is 12.1. The van der Waals surface area contributed by atoms with Gasteiger partial charge in [-0.2, -0.15) is 0 Å². The number of carbonyl (C=O) groups is 1. The number of pyridine rings is 1. The van der Waals surface area contributed by atoms with Crippen molar-refractivity contribution < 1.29 is 9.53 Å². The van der Waals surface area contributed by atoms with Crippen molar-refractivity contribution in [3.8, 4) is 0 Å². The Morgan fingerprint density at radius 2 is 2.08 bits per heavy atom. The van der Waals surface area contributed by atoms with E-state index in [1.807, 2.05) is 18.2 Å². The second-order valence-corrected chi connectivity index (χ2v) is 5.87. The van der Waals surface area contributed by atoms with E-state index in [2.05, 4.69) is 27.3 Å². The minimum Gasteiger partial charge on any atom is -0.374 e. The number of morpholine rings is 1. The zero-order chi connectivity index (χ0) is 16.8. The zero-order valence-electron chi connectivity index (χ0n) is 13.4. The molecule has 1 aromatic heterocycles. The lowest BCUT2D eigenvalue weighted by molar-refractivity contribution is -0.0292. The molecule has 1 atom stereocenters. The predicted molar refractivity (Wildman–Crippen MR) is 90.9 cm³/mol. The fourth-order valence-electron chi connectivity index (χ4n) is 2.75. The smallest absolute Gasteiger partial charge is 0.252 e. The summed E-state index contributed by atoms with van der Waals surface area (Å²) >= 11 is 0. The highest BCUT2D eigenvalue weighted by molar-refractivity contribution is 5.93. The van der Waals surface area contributed by atoms with Crippen LogP contribution in [0.1, 0.15) is 15.9 Å². The molecule has 6 nitrogen and oxygen atoms in total. The number of nitrogens with zero attached hydrogens (tertiary/aromatic N) is 1. The Morgan fingerprint density at radius 3 is 2.83 bits per heavy atom. The average Bonchev–Trinajstić information content (AvgIpc) is 2.61. The van der Waals surface area contributed by atoms with Gasteiger partial charge in [0.2, 0.25) is 5.56 Å². The molecule has 1 aliphatic heterocycles.